The number of piperidine rings is 1. The molecular weight excluding hydrogens is 474 g/mol. The van der Waals surface area contributed by atoms with Gasteiger partial charge in [0.05, 0.1) is 5.92 Å². The average molecular weight is 491 g/mol. The zero-order valence-corrected chi connectivity index (χ0v) is 17.6. The largest absolute Gasteiger partial charge is 0.339 e. The third kappa shape index (κ3) is 4.14. The molecule has 5 nitrogen and oxygen atoms in total. The SMILES string of the molecule is O=C(c1cccc(Br)c1)N1CCCC(c2nc(-c3ccc(Br)cc3)no2)C1. The van der Waals surface area contributed by atoms with Crippen LogP contribution in [0.4, 0.5) is 0 Å². The highest BCUT2D eigenvalue weighted by molar-refractivity contribution is 9.10. The predicted octanol–water partition coefficient (Wildman–Crippen LogP) is 5.28. The van der Waals surface area contributed by atoms with E-state index in [9.17, 15) is 4.79 Å². The van der Waals surface area contributed by atoms with E-state index in [0.29, 0.717) is 23.8 Å². The van der Waals surface area contributed by atoms with E-state index in [-0.39, 0.29) is 11.8 Å². The second-order valence-corrected chi connectivity index (χ2v) is 8.40. The van der Waals surface area contributed by atoms with Crippen molar-refractivity contribution in [1.29, 1.82) is 0 Å². The van der Waals surface area contributed by atoms with Crippen LogP contribution in [-0.4, -0.2) is 34.0 Å². The summed E-state index contributed by atoms with van der Waals surface area (Å²) in [6, 6.07) is 15.3. The first-order valence-corrected chi connectivity index (χ1v) is 10.3. The third-order valence-corrected chi connectivity index (χ3v) is 5.70. The molecule has 4 rings (SSSR count). The Bertz CT molecular complexity index is 956. The van der Waals surface area contributed by atoms with Crippen LogP contribution in [0.25, 0.3) is 11.4 Å². The van der Waals surface area contributed by atoms with E-state index in [2.05, 4.69) is 42.0 Å². The van der Waals surface area contributed by atoms with Crippen LogP contribution in [0, 0.1) is 0 Å². The van der Waals surface area contributed by atoms with E-state index in [0.717, 1.165) is 33.9 Å². The predicted molar refractivity (Wildman–Crippen MR) is 109 cm³/mol. The molecule has 27 heavy (non-hydrogen) atoms. The van der Waals surface area contributed by atoms with E-state index in [1.54, 1.807) is 0 Å². The van der Waals surface area contributed by atoms with Crippen LogP contribution >= 0.6 is 31.9 Å². The fraction of sp³-hybridized carbons (Fsp3) is 0.250. The minimum absolute atomic E-state index is 0.0358. The topological polar surface area (TPSA) is 59.2 Å². The van der Waals surface area contributed by atoms with Crippen molar-refractivity contribution in [3.8, 4) is 11.4 Å². The van der Waals surface area contributed by atoms with Crippen LogP contribution in [0.1, 0.15) is 35.0 Å². The summed E-state index contributed by atoms with van der Waals surface area (Å²) in [6.07, 6.45) is 1.85. The molecule has 138 valence electrons. The number of carbonyl (C=O) groups is 1. The molecule has 0 saturated carbocycles. The van der Waals surface area contributed by atoms with Gasteiger partial charge in [-0.2, -0.15) is 4.98 Å². The van der Waals surface area contributed by atoms with Gasteiger partial charge >= 0.3 is 0 Å². The summed E-state index contributed by atoms with van der Waals surface area (Å²) in [4.78, 5) is 19.3. The molecule has 3 aromatic rings. The van der Waals surface area contributed by atoms with Gasteiger partial charge in [0.2, 0.25) is 11.7 Å². The molecule has 1 aliphatic rings. The Morgan fingerprint density at radius 2 is 1.93 bits per heavy atom. The smallest absolute Gasteiger partial charge is 0.253 e. The van der Waals surface area contributed by atoms with E-state index >= 15 is 0 Å². The van der Waals surface area contributed by atoms with Crippen molar-refractivity contribution in [3.63, 3.8) is 0 Å². The number of amides is 1. The Morgan fingerprint density at radius 1 is 1.11 bits per heavy atom. The zero-order valence-electron chi connectivity index (χ0n) is 14.4. The lowest BCUT2D eigenvalue weighted by atomic mass is 9.97. The van der Waals surface area contributed by atoms with Crippen LogP contribution < -0.4 is 0 Å². The first-order chi connectivity index (χ1) is 13.1. The van der Waals surface area contributed by atoms with Crippen molar-refractivity contribution in [1.82, 2.24) is 15.0 Å². The summed E-state index contributed by atoms with van der Waals surface area (Å²) in [7, 11) is 0. The number of rotatable bonds is 3. The lowest BCUT2D eigenvalue weighted by Crippen LogP contribution is -2.39. The van der Waals surface area contributed by atoms with Crippen LogP contribution in [0.2, 0.25) is 0 Å². The van der Waals surface area contributed by atoms with E-state index in [4.69, 9.17) is 4.52 Å². The molecule has 0 radical (unpaired) electrons. The van der Waals surface area contributed by atoms with E-state index in [1.807, 2.05) is 53.4 Å². The van der Waals surface area contributed by atoms with Gasteiger partial charge in [-0.05, 0) is 55.3 Å². The minimum atomic E-state index is 0.0358. The minimum Gasteiger partial charge on any atom is -0.339 e. The van der Waals surface area contributed by atoms with Gasteiger partial charge in [0, 0.05) is 33.2 Å². The number of carbonyl (C=O) groups excluding carboxylic acids is 1. The normalized spacial score (nSPS) is 17.1. The molecular formula is C20H17Br2N3O2. The van der Waals surface area contributed by atoms with Gasteiger partial charge < -0.3 is 9.42 Å². The quantitative estimate of drug-likeness (QED) is 0.501. The summed E-state index contributed by atoms with van der Waals surface area (Å²) >= 11 is 6.85. The summed E-state index contributed by atoms with van der Waals surface area (Å²) in [5.41, 5.74) is 1.59. The molecule has 7 heteroatoms. The lowest BCUT2D eigenvalue weighted by molar-refractivity contribution is 0.0695. The second-order valence-electron chi connectivity index (χ2n) is 6.56. The molecule has 0 bridgehead atoms. The van der Waals surface area contributed by atoms with Gasteiger partial charge in [-0.1, -0.05) is 43.1 Å². The van der Waals surface area contributed by atoms with E-state index in [1.165, 1.54) is 0 Å². The molecule has 1 atom stereocenters. The summed E-state index contributed by atoms with van der Waals surface area (Å²) in [6.45, 7) is 1.34. The van der Waals surface area contributed by atoms with Gasteiger partial charge in [0.15, 0.2) is 0 Å². The number of hydrogen-bond acceptors (Lipinski definition) is 4. The van der Waals surface area contributed by atoms with Crippen LogP contribution in [0.15, 0.2) is 62.0 Å². The monoisotopic (exact) mass is 489 g/mol. The maximum absolute atomic E-state index is 12.8. The highest BCUT2D eigenvalue weighted by Gasteiger charge is 2.29. The molecule has 1 unspecified atom stereocenters. The zero-order chi connectivity index (χ0) is 18.8. The van der Waals surface area contributed by atoms with Crippen molar-refractivity contribution < 1.29 is 9.32 Å². The number of benzene rings is 2. The molecule has 1 saturated heterocycles. The average Bonchev–Trinajstić information content (AvgIpc) is 3.18. The Kier molecular flexibility index (Phi) is 5.41. The maximum Gasteiger partial charge on any atom is 0.253 e. The molecule has 0 N–H and O–H groups in total. The molecule has 2 aromatic carbocycles. The molecule has 0 spiro atoms. The Morgan fingerprint density at radius 3 is 2.70 bits per heavy atom. The number of aromatic nitrogens is 2. The fourth-order valence-electron chi connectivity index (χ4n) is 3.28. The fourth-order valence-corrected chi connectivity index (χ4v) is 3.95. The molecule has 1 aromatic heterocycles. The first-order valence-electron chi connectivity index (χ1n) is 8.74. The summed E-state index contributed by atoms with van der Waals surface area (Å²) in [5, 5.41) is 4.12. The van der Waals surface area contributed by atoms with Crippen LogP contribution in [0.5, 0.6) is 0 Å². The number of likely N-dealkylation sites (tertiary alicyclic amines) is 1. The van der Waals surface area contributed by atoms with Crippen LogP contribution in [0.3, 0.4) is 0 Å². The van der Waals surface area contributed by atoms with Crippen molar-refractivity contribution in [2.24, 2.45) is 0 Å². The standard InChI is InChI=1S/C20H17Br2N3O2/c21-16-8-6-13(7-9-16)18-23-19(27-24-18)15-4-2-10-25(12-15)20(26)14-3-1-5-17(22)11-14/h1,3,5-9,11,15H,2,4,10,12H2. The Hall–Kier alpha value is -1.99. The number of hydrogen-bond donors (Lipinski definition) is 0. The molecule has 0 aliphatic carbocycles. The van der Waals surface area contributed by atoms with Gasteiger partial charge in [-0.3, -0.25) is 4.79 Å². The Balaban J connectivity index is 1.50. The second kappa shape index (κ2) is 7.94. The molecule has 2 heterocycles. The highest BCUT2D eigenvalue weighted by Crippen LogP contribution is 2.29. The van der Waals surface area contributed by atoms with Crippen molar-refractivity contribution >= 4 is 37.8 Å². The van der Waals surface area contributed by atoms with Crippen molar-refractivity contribution in [3.05, 3.63) is 68.9 Å². The summed E-state index contributed by atoms with van der Waals surface area (Å²) in [5.74, 6) is 1.27. The molecule has 1 fully saturated rings. The first kappa shape index (κ1) is 18.4. The maximum atomic E-state index is 12.8. The van der Waals surface area contributed by atoms with Crippen molar-refractivity contribution in [2.45, 2.75) is 18.8 Å². The van der Waals surface area contributed by atoms with Gasteiger partial charge in [0.25, 0.3) is 5.91 Å². The highest BCUT2D eigenvalue weighted by atomic mass is 79.9. The van der Waals surface area contributed by atoms with Gasteiger partial charge in [-0.25, -0.2) is 0 Å². The lowest BCUT2D eigenvalue weighted by Gasteiger charge is -2.31. The number of nitrogens with zero attached hydrogens (tertiary/aromatic N) is 3. The van der Waals surface area contributed by atoms with Gasteiger partial charge in [0.1, 0.15) is 0 Å². The third-order valence-electron chi connectivity index (χ3n) is 4.67. The molecule has 1 amide bonds. The van der Waals surface area contributed by atoms with E-state index < -0.39 is 0 Å². The number of halogens is 2. The van der Waals surface area contributed by atoms with Crippen LogP contribution in [-0.2, 0) is 0 Å². The van der Waals surface area contributed by atoms with Gasteiger partial charge in [-0.15, -0.1) is 0 Å². The Labute approximate surface area is 174 Å². The van der Waals surface area contributed by atoms with Crippen molar-refractivity contribution in [2.75, 3.05) is 13.1 Å². The molecule has 1 aliphatic heterocycles. The summed E-state index contributed by atoms with van der Waals surface area (Å²) < 4.78 is 7.43.